The minimum absolute atomic E-state index is 1.08. The summed E-state index contributed by atoms with van der Waals surface area (Å²) in [5, 5.41) is 4.73. The highest BCUT2D eigenvalue weighted by molar-refractivity contribution is 6.14. The fourth-order valence-electron chi connectivity index (χ4n) is 21.7. The van der Waals surface area contributed by atoms with Crippen LogP contribution in [0.1, 0.15) is 0 Å². The quantitative estimate of drug-likeness (QED) is 0.0679. The van der Waals surface area contributed by atoms with Gasteiger partial charge in [-0.1, -0.05) is 425 Å². The summed E-state index contributed by atoms with van der Waals surface area (Å²) in [7, 11) is 0. The molecule has 0 N–H and O–H groups in total. The minimum Gasteiger partial charge on any atom is -0.309 e. The predicted molar refractivity (Wildman–Crippen MR) is 618 cm³/mol. The Morgan fingerprint density at radius 3 is 0.404 bits per heavy atom. The van der Waals surface area contributed by atoms with Crippen molar-refractivity contribution < 1.29 is 0 Å². The van der Waals surface area contributed by atoms with Crippen LogP contribution >= 0.6 is 0 Å². The lowest BCUT2D eigenvalue weighted by Crippen LogP contribution is -1.95. The summed E-state index contributed by atoms with van der Waals surface area (Å²) in [6, 6.07) is 216. The maximum atomic E-state index is 2.48. The highest BCUT2D eigenvalue weighted by atomic mass is 15.0. The number of benzene rings is 24. The van der Waals surface area contributed by atoms with Gasteiger partial charge in [0.15, 0.2) is 0 Å². The van der Waals surface area contributed by atoms with Gasteiger partial charge in [0.25, 0.3) is 0 Å². The Labute approximate surface area is 851 Å². The normalized spacial score (nSPS) is 11.4. The zero-order valence-electron chi connectivity index (χ0n) is 80.3. The molecule has 2 aromatic heterocycles. The monoisotopic (exact) mass is 1850 g/mol. The van der Waals surface area contributed by atoms with E-state index in [9.17, 15) is 0 Å². The number of hydrogen-bond acceptors (Lipinski definition) is 0. The molecule has 0 saturated carbocycles. The highest BCUT2D eigenvalue weighted by Crippen LogP contribution is 2.47. The third-order valence-corrected chi connectivity index (χ3v) is 29.3. The van der Waals surface area contributed by atoms with E-state index in [0.29, 0.717) is 0 Å². The molecule has 0 atom stereocenters. The van der Waals surface area contributed by atoms with Crippen molar-refractivity contribution in [2.45, 2.75) is 0 Å². The smallest absolute Gasteiger partial charge is 0.0541 e. The van der Waals surface area contributed by atoms with E-state index in [1.807, 2.05) is 0 Å². The summed E-state index contributed by atoms with van der Waals surface area (Å²) >= 11 is 0. The molecule has 0 unspecified atom stereocenters. The van der Waals surface area contributed by atoms with Crippen LogP contribution in [0, 0.1) is 0 Å². The highest BCUT2D eigenvalue weighted by Gasteiger charge is 2.23. The Hall–Kier alpha value is -19.1. The first-order valence-electron chi connectivity index (χ1n) is 50.3. The van der Waals surface area contributed by atoms with Crippen LogP contribution in [0.15, 0.2) is 582 Å². The topological polar surface area (TPSA) is 9.86 Å². The molecule has 0 aliphatic heterocycles. The zero-order chi connectivity index (χ0) is 96.7. The second-order valence-corrected chi connectivity index (χ2v) is 38.3. The van der Waals surface area contributed by atoms with Gasteiger partial charge in [-0.05, 0) is 369 Å². The zero-order valence-corrected chi connectivity index (χ0v) is 80.3. The van der Waals surface area contributed by atoms with Gasteiger partial charge < -0.3 is 9.13 Å². The minimum atomic E-state index is 1.08. The van der Waals surface area contributed by atoms with Gasteiger partial charge in [-0.15, -0.1) is 0 Å². The standard InChI is InChI=1S/C144H96N2/c1-9-29-97(30-10-1)105-53-61-109(62-54-105)125-79-126(110-63-55-106(56-64-110)98-31-11-2-12-32-98)86-131(85-125)133-83-123(103-41-21-7-22-42-103)81-129(89-133)115-47-25-45-113(77-115)117-49-27-51-135(91-117)145-141-73-69-119(101-37-17-5-18-38-101)93-137(141)139-95-121(71-75-143(139)145)122-72-76-144-140(96-122)138-94-120(102-39-19-6-20-40-102)70-74-142(138)146(144)136-52-28-50-118(92-136)114-46-26-48-116(78-114)130-82-124(104-43-23-8-24-44-104)84-134(90-130)132-87-127(111-65-57-107(58-66-111)99-33-13-3-14-34-99)80-128(88-132)112-67-59-108(60-68-112)100-35-15-4-16-36-100/h1-96H. The molecule has 146 heavy (non-hydrogen) atoms. The lowest BCUT2D eigenvalue weighted by molar-refractivity contribution is 1.18. The third kappa shape index (κ3) is 17.3. The van der Waals surface area contributed by atoms with Gasteiger partial charge in [0.05, 0.1) is 22.1 Å². The molecule has 2 nitrogen and oxygen atoms in total. The van der Waals surface area contributed by atoms with Crippen LogP contribution in [-0.4, -0.2) is 9.13 Å². The van der Waals surface area contributed by atoms with Crippen molar-refractivity contribution in [3.63, 3.8) is 0 Å². The Bertz CT molecular complexity index is 8610. The SMILES string of the molecule is c1ccc(-c2ccc(-c3cc(-c4ccc(-c5ccccc5)cc4)cc(-c4cc(-c5ccccc5)cc(-c5cccc(-c6cccc(-n7c8ccc(-c9ccccc9)cc8c8cc(-c9ccc%10c(c9)c9cc(-c%11ccccc%11)ccc9n%10-c9cccc(-c%10cccc(-c%11cc(-c%12ccccc%12)cc(-c%12cc(-c%13ccc(-c%14ccccc%14)cc%13)cc(-c%13ccc(-c%14ccccc%14)cc%13)c%12)c%11)c%10)c9)ccc87)c6)c5)c4)c3)cc2)cc1. The van der Waals surface area contributed by atoms with Crippen LogP contribution in [0.4, 0.5) is 0 Å². The van der Waals surface area contributed by atoms with Crippen LogP contribution < -0.4 is 0 Å². The molecule has 2 heterocycles. The van der Waals surface area contributed by atoms with Crippen molar-refractivity contribution in [1.82, 2.24) is 9.13 Å². The van der Waals surface area contributed by atoms with Gasteiger partial charge in [-0.2, -0.15) is 0 Å². The van der Waals surface area contributed by atoms with Crippen LogP contribution in [0.2, 0.25) is 0 Å². The molecule has 26 rings (SSSR count). The molecule has 0 amide bonds. The Kier molecular flexibility index (Phi) is 22.8. The lowest BCUT2D eigenvalue weighted by atomic mass is 9.89. The fourth-order valence-corrected chi connectivity index (χ4v) is 21.7. The van der Waals surface area contributed by atoms with E-state index in [2.05, 4.69) is 592 Å². The van der Waals surface area contributed by atoms with E-state index in [1.54, 1.807) is 0 Å². The summed E-state index contributed by atoms with van der Waals surface area (Å²) in [6.45, 7) is 0. The summed E-state index contributed by atoms with van der Waals surface area (Å²) in [6.07, 6.45) is 0. The number of aromatic nitrogens is 2. The molecule has 0 aliphatic rings. The first kappa shape index (κ1) is 87.2. The first-order chi connectivity index (χ1) is 72.3. The first-order valence-corrected chi connectivity index (χ1v) is 50.3. The number of hydrogen-bond donors (Lipinski definition) is 0. The average molecular weight is 1850 g/mol. The van der Waals surface area contributed by atoms with Crippen molar-refractivity contribution in [3.8, 4) is 223 Å². The van der Waals surface area contributed by atoms with Crippen molar-refractivity contribution in [2.24, 2.45) is 0 Å². The Balaban J connectivity index is 0.554. The number of fused-ring (bicyclic) bond motifs is 6. The molecule has 24 aromatic carbocycles. The summed E-state index contributed by atoms with van der Waals surface area (Å²) in [5.41, 5.74) is 50.7. The summed E-state index contributed by atoms with van der Waals surface area (Å²) in [4.78, 5) is 0. The molecule has 0 aliphatic carbocycles. The summed E-state index contributed by atoms with van der Waals surface area (Å²) < 4.78 is 4.96. The van der Waals surface area contributed by atoms with E-state index < -0.39 is 0 Å². The van der Waals surface area contributed by atoms with Crippen LogP contribution in [0.3, 0.4) is 0 Å². The van der Waals surface area contributed by atoms with Gasteiger partial charge >= 0.3 is 0 Å². The van der Waals surface area contributed by atoms with Crippen molar-refractivity contribution in [2.75, 3.05) is 0 Å². The molecule has 0 spiro atoms. The van der Waals surface area contributed by atoms with Crippen LogP contribution in [-0.2, 0) is 0 Å². The molecule has 0 bridgehead atoms. The number of rotatable bonds is 21. The van der Waals surface area contributed by atoms with Crippen molar-refractivity contribution in [3.05, 3.63) is 582 Å². The second kappa shape index (κ2) is 38.1. The van der Waals surface area contributed by atoms with Gasteiger partial charge in [-0.25, -0.2) is 0 Å². The molecule has 0 saturated heterocycles. The molecule has 2 heteroatoms. The molecule has 26 aromatic rings. The lowest BCUT2D eigenvalue weighted by Gasteiger charge is -2.16. The van der Waals surface area contributed by atoms with Crippen LogP contribution in [0.25, 0.3) is 266 Å². The van der Waals surface area contributed by atoms with Crippen molar-refractivity contribution >= 4 is 43.6 Å². The predicted octanol–water partition coefficient (Wildman–Crippen LogP) is 39.6. The molecular formula is C144H96N2. The Morgan fingerprint density at radius 2 is 0.192 bits per heavy atom. The second-order valence-electron chi connectivity index (χ2n) is 38.3. The maximum absolute atomic E-state index is 2.48. The van der Waals surface area contributed by atoms with Gasteiger partial charge in [0, 0.05) is 32.9 Å². The van der Waals surface area contributed by atoms with Crippen molar-refractivity contribution in [1.29, 1.82) is 0 Å². The molecule has 0 radical (unpaired) electrons. The van der Waals surface area contributed by atoms with Gasteiger partial charge in [0.1, 0.15) is 0 Å². The van der Waals surface area contributed by atoms with Gasteiger partial charge in [-0.3, -0.25) is 0 Å². The summed E-state index contributed by atoms with van der Waals surface area (Å²) in [5.74, 6) is 0. The van der Waals surface area contributed by atoms with E-state index in [-0.39, 0.29) is 0 Å². The maximum Gasteiger partial charge on any atom is 0.0541 e. The average Bonchev–Trinajstić information content (AvgIpc) is 1.57. The molecular weight excluding hydrogens is 1760 g/mol. The Morgan fingerprint density at radius 1 is 0.0753 bits per heavy atom. The van der Waals surface area contributed by atoms with Gasteiger partial charge in [0.2, 0.25) is 0 Å². The van der Waals surface area contributed by atoms with E-state index in [0.717, 1.165) is 178 Å². The largest absolute Gasteiger partial charge is 0.309 e. The van der Waals surface area contributed by atoms with E-state index >= 15 is 0 Å². The van der Waals surface area contributed by atoms with E-state index in [4.69, 9.17) is 0 Å². The number of nitrogens with zero attached hydrogens (tertiary/aromatic N) is 2. The third-order valence-electron chi connectivity index (χ3n) is 29.3. The fraction of sp³-hybridized carbons (Fsp3) is 0. The van der Waals surface area contributed by atoms with E-state index in [1.165, 1.54) is 88.3 Å². The van der Waals surface area contributed by atoms with Crippen LogP contribution in [0.5, 0.6) is 0 Å². The molecule has 0 fully saturated rings. The molecule has 682 valence electrons.